The number of alkyl halides is 1. The van der Waals surface area contributed by atoms with E-state index in [2.05, 4.69) is 10.0 Å². The molecular formula is C24H37FN5O12PS2. The van der Waals surface area contributed by atoms with Crippen LogP contribution in [0.3, 0.4) is 0 Å². The van der Waals surface area contributed by atoms with E-state index in [4.69, 9.17) is 23.8 Å². The number of carbonyl (C=O) groups excluding carboxylic acids is 2. The molecule has 4 atom stereocenters. The summed E-state index contributed by atoms with van der Waals surface area (Å²) in [7, 11) is -4.63. The second-order valence-corrected chi connectivity index (χ2v) is 14.9. The van der Waals surface area contributed by atoms with E-state index in [-0.39, 0.29) is 35.0 Å². The van der Waals surface area contributed by atoms with Gasteiger partial charge in [-0.15, -0.1) is 0 Å². The molecule has 1 aromatic heterocycles. The predicted molar refractivity (Wildman–Crippen MR) is 161 cm³/mol. The molecule has 1 aromatic rings. The predicted octanol–water partition coefficient (Wildman–Crippen LogP) is 1.53. The molecular weight excluding hydrogens is 664 g/mol. The molecule has 4 N–H and O–H groups in total. The van der Waals surface area contributed by atoms with Crippen LogP contribution in [0.5, 0.6) is 0 Å². The number of ether oxygens (including phenoxy) is 1. The van der Waals surface area contributed by atoms with Crippen LogP contribution in [0.15, 0.2) is 27.0 Å². The van der Waals surface area contributed by atoms with Crippen molar-refractivity contribution >= 4 is 41.6 Å². The van der Waals surface area contributed by atoms with Crippen molar-refractivity contribution in [1.82, 2.24) is 9.55 Å². The lowest BCUT2D eigenvalue weighted by atomic mass is 9.97. The number of nitrogens with zero attached hydrogens (tertiary/aromatic N) is 4. The fourth-order valence-electron chi connectivity index (χ4n) is 3.49. The van der Waals surface area contributed by atoms with E-state index in [9.17, 15) is 39.1 Å². The van der Waals surface area contributed by atoms with Crippen LogP contribution in [-0.4, -0.2) is 104 Å². The molecule has 1 aliphatic rings. The van der Waals surface area contributed by atoms with Gasteiger partial charge in [0.2, 0.25) is 0 Å². The van der Waals surface area contributed by atoms with E-state index in [0.29, 0.717) is 4.57 Å². The van der Waals surface area contributed by atoms with Crippen molar-refractivity contribution in [1.29, 1.82) is 0 Å². The Bertz CT molecular complexity index is 1360. The lowest BCUT2D eigenvalue weighted by Gasteiger charge is -2.31. The molecule has 0 radical (unpaired) electrons. The topological polar surface area (TPSA) is 252 Å². The number of hydrogen-bond donors (Lipinski definition) is 4. The van der Waals surface area contributed by atoms with Gasteiger partial charge >= 0.3 is 13.5 Å². The molecule has 1 unspecified atom stereocenters. The molecule has 2 rings (SSSR count). The molecule has 2 heterocycles. The second kappa shape index (κ2) is 16.6. The number of carbonyl (C=O) groups is 2. The monoisotopic (exact) mass is 701 g/mol. The summed E-state index contributed by atoms with van der Waals surface area (Å²) < 4.78 is 51.4. The molecule has 0 amide bonds. The lowest BCUT2D eigenvalue weighted by Crippen LogP contribution is -2.48. The smallest absolute Gasteiger partial charge is 0.395 e. The number of H-pyrrole nitrogens is 1. The Morgan fingerprint density at radius 1 is 1.13 bits per heavy atom. The van der Waals surface area contributed by atoms with Crippen molar-refractivity contribution in [3.8, 4) is 0 Å². The molecule has 0 aliphatic carbocycles. The number of phosphoric ester groups is 1. The minimum absolute atomic E-state index is 0.0519. The zero-order valence-corrected chi connectivity index (χ0v) is 27.5. The van der Waals surface area contributed by atoms with E-state index in [1.165, 1.54) is 27.7 Å². The summed E-state index contributed by atoms with van der Waals surface area (Å²) in [5, 5.41) is 32.2. The molecule has 0 aromatic carbocycles. The van der Waals surface area contributed by atoms with Gasteiger partial charge in [0.05, 0.1) is 50.4 Å². The third-order valence-corrected chi connectivity index (χ3v) is 10.3. The molecule has 0 bridgehead atoms. The Kier molecular flexibility index (Phi) is 14.5. The highest BCUT2D eigenvalue weighted by molar-refractivity contribution is 8.14. The van der Waals surface area contributed by atoms with Crippen molar-refractivity contribution in [2.75, 3.05) is 51.1 Å². The quantitative estimate of drug-likeness (QED) is 0.0557. The molecule has 1 saturated heterocycles. The highest BCUT2D eigenvalue weighted by Gasteiger charge is 2.57. The van der Waals surface area contributed by atoms with Crippen molar-refractivity contribution in [2.24, 2.45) is 15.9 Å². The maximum Gasteiger partial charge on any atom is 0.474 e. The molecule has 45 heavy (non-hydrogen) atoms. The van der Waals surface area contributed by atoms with Crippen LogP contribution >= 0.6 is 31.3 Å². The van der Waals surface area contributed by atoms with E-state index in [0.717, 1.165) is 35.8 Å². The van der Waals surface area contributed by atoms with Crippen LogP contribution < -0.4 is 11.2 Å². The molecule has 17 nitrogen and oxygen atoms in total. The lowest BCUT2D eigenvalue weighted by molar-refractivity contribution is -0.122. The van der Waals surface area contributed by atoms with Crippen LogP contribution in [0, 0.1) is 10.8 Å². The van der Waals surface area contributed by atoms with E-state index in [1.807, 2.05) is 4.98 Å². The van der Waals surface area contributed by atoms with Crippen LogP contribution in [0.2, 0.25) is 0 Å². The number of thioether (sulfide) groups is 2. The van der Waals surface area contributed by atoms with Gasteiger partial charge in [0, 0.05) is 28.7 Å². The number of rotatable bonds is 18. The number of phosphoric acid groups is 1. The zero-order chi connectivity index (χ0) is 34.1. The maximum atomic E-state index is 15.3. The summed E-state index contributed by atoms with van der Waals surface area (Å²) in [6, 6.07) is 0.915. The average molecular weight is 702 g/mol. The standard InChI is InChI=1S/C24H37FN5O12PS2/c1-22(2,12-31)19(35)44-9-7-39-43(38,40-8-10-45-20(36)23(3,4)13-32)41-14-24(11-27-29-26)17(34)16(25)18(42-24)30-6-5-15(33)28-21(30)37/h5-6,16-18,31-32,34H,7-14H2,1-4H3,(H,28,33,37)/t16-,17+,18?,24-/m1/s1. The SMILES string of the molecule is CC(C)(CO)C(=O)SCCOP(=O)(OCCSC(=O)C(C)(C)CO)OC[C@@]1(CN=[N+]=[N-])OC(n2ccc(=O)[nH]c2=O)[C@H](F)[C@@H]1O. The molecule has 1 fully saturated rings. The van der Waals surface area contributed by atoms with Crippen LogP contribution in [-0.2, 0) is 32.5 Å². The highest BCUT2D eigenvalue weighted by Crippen LogP contribution is 2.52. The van der Waals surface area contributed by atoms with Crippen LogP contribution in [0.1, 0.15) is 33.9 Å². The largest absolute Gasteiger partial charge is 0.474 e. The Hall–Kier alpha value is -2.09. The first kappa shape index (κ1) is 39.1. The Labute approximate surface area is 265 Å². The van der Waals surface area contributed by atoms with E-state index < -0.39 is 80.4 Å². The highest BCUT2D eigenvalue weighted by atomic mass is 32.2. The fourth-order valence-corrected chi connectivity index (χ4v) is 6.58. The Morgan fingerprint density at radius 3 is 2.13 bits per heavy atom. The van der Waals surface area contributed by atoms with Crippen molar-refractivity contribution in [2.45, 2.75) is 51.8 Å². The number of aliphatic hydroxyl groups is 3. The summed E-state index contributed by atoms with van der Waals surface area (Å²) in [5.74, 6) is -0.104. The van der Waals surface area contributed by atoms with Gasteiger partial charge in [-0.1, -0.05) is 28.6 Å². The number of nitrogens with one attached hydrogen (secondary N) is 1. The molecule has 1 aliphatic heterocycles. The normalized spacial score (nSPS) is 22.3. The maximum absolute atomic E-state index is 15.3. The van der Waals surface area contributed by atoms with Gasteiger partial charge in [0.1, 0.15) is 11.7 Å². The fraction of sp³-hybridized carbons (Fsp3) is 0.750. The van der Waals surface area contributed by atoms with Crippen molar-refractivity contribution in [3.63, 3.8) is 0 Å². The molecule has 21 heteroatoms. The van der Waals surface area contributed by atoms with Gasteiger partial charge in [-0.05, 0) is 33.2 Å². The van der Waals surface area contributed by atoms with Crippen molar-refractivity contribution < 1.29 is 52.2 Å². The third kappa shape index (κ3) is 10.5. The first-order valence-electron chi connectivity index (χ1n) is 13.4. The van der Waals surface area contributed by atoms with Crippen LogP contribution in [0.4, 0.5) is 4.39 Å². The molecule has 0 spiro atoms. The van der Waals surface area contributed by atoms with Gasteiger partial charge in [0.25, 0.3) is 5.56 Å². The molecule has 0 saturated carbocycles. The minimum atomic E-state index is -4.63. The van der Waals surface area contributed by atoms with Crippen LogP contribution in [0.25, 0.3) is 10.4 Å². The van der Waals surface area contributed by atoms with E-state index in [1.54, 1.807) is 0 Å². The number of aromatic nitrogens is 2. The third-order valence-electron chi connectivity index (χ3n) is 6.49. The minimum Gasteiger partial charge on any atom is -0.395 e. The van der Waals surface area contributed by atoms with Gasteiger partial charge < -0.3 is 20.1 Å². The number of aliphatic hydroxyl groups excluding tert-OH is 3. The van der Waals surface area contributed by atoms with Gasteiger partial charge in [0.15, 0.2) is 22.6 Å². The second-order valence-electron chi connectivity index (χ2n) is 11.1. The summed E-state index contributed by atoms with van der Waals surface area (Å²) in [6.07, 6.45) is -5.32. The number of aromatic amines is 1. The van der Waals surface area contributed by atoms with Gasteiger partial charge in [-0.2, -0.15) is 0 Å². The van der Waals surface area contributed by atoms with Crippen molar-refractivity contribution in [3.05, 3.63) is 43.5 Å². The summed E-state index contributed by atoms with van der Waals surface area (Å²) in [4.78, 5) is 52.8. The number of azide groups is 1. The average Bonchev–Trinajstić information content (AvgIpc) is 3.24. The Morgan fingerprint density at radius 2 is 1.67 bits per heavy atom. The zero-order valence-electron chi connectivity index (χ0n) is 25.0. The summed E-state index contributed by atoms with van der Waals surface area (Å²) in [6.45, 7) is 2.81. The van der Waals surface area contributed by atoms with Gasteiger partial charge in [-0.3, -0.25) is 37.5 Å². The Balaban J connectivity index is 2.25. The number of halogens is 1. The summed E-state index contributed by atoms with van der Waals surface area (Å²) >= 11 is 1.57. The number of hydrogen-bond acceptors (Lipinski definition) is 15. The first-order valence-corrected chi connectivity index (χ1v) is 16.8. The molecule has 254 valence electrons. The van der Waals surface area contributed by atoms with Gasteiger partial charge in [-0.25, -0.2) is 13.8 Å². The first-order chi connectivity index (χ1) is 21.0. The summed E-state index contributed by atoms with van der Waals surface area (Å²) in [5.41, 5.74) is 2.74. The van der Waals surface area contributed by atoms with E-state index >= 15 is 4.39 Å².